The van der Waals surface area contributed by atoms with E-state index < -0.39 is 212 Å². The monoisotopic (exact) mass is 982 g/mol. The van der Waals surface area contributed by atoms with Crippen LogP contribution in [0.1, 0.15) is 44.5 Å². The first kappa shape index (κ1) is 50.0. The molecule has 0 spiro atoms. The molecule has 0 radical (unpaired) electrons. The zero-order chi connectivity index (χ0) is 45.7. The van der Waals surface area contributed by atoms with Gasteiger partial charge < -0.3 is 0 Å². The predicted octanol–water partition coefficient (Wildman–Crippen LogP) is 9.48. The van der Waals surface area contributed by atoms with Crippen LogP contribution in [0.15, 0.2) is 0 Å². The van der Waals surface area contributed by atoms with Crippen LogP contribution < -0.4 is 0 Å². The van der Waals surface area contributed by atoms with E-state index in [2.05, 4.69) is 18.9 Å². The first-order valence-electron chi connectivity index (χ1n) is 16.6. The Morgan fingerprint density at radius 2 is 0.344 bits per heavy atom. The Kier molecular flexibility index (Phi) is 17.3. The molecule has 0 atom stereocenters. The summed E-state index contributed by atoms with van der Waals surface area (Å²) in [6, 6.07) is 0. The molecule has 0 heterocycles. The minimum atomic E-state index is -7.47. The first-order chi connectivity index (χ1) is 28.7. The van der Waals surface area contributed by atoms with Crippen molar-refractivity contribution in [2.75, 3.05) is 28.4 Å². The third kappa shape index (κ3) is 10.1. The standard InChI is InChI=1S/4C9H7F4O2.Zr/c4*1-15-3-5-8(12)6(10)4(2-14)7(11)9(5)13;/h4*2-3H2,1H3;/q4*-1;+4. The van der Waals surface area contributed by atoms with Crippen molar-refractivity contribution >= 4 is 0 Å². The van der Waals surface area contributed by atoms with Crippen LogP contribution in [-0.4, -0.2) is 28.4 Å². The van der Waals surface area contributed by atoms with Gasteiger partial charge in [-0.05, 0) is 0 Å². The normalized spacial score (nSPS) is 12.0. The topological polar surface area (TPSA) is 73.8 Å². The van der Waals surface area contributed by atoms with Crippen LogP contribution in [0.3, 0.4) is 0 Å². The second-order valence-corrected chi connectivity index (χ2v) is 17.5. The Morgan fingerprint density at radius 1 is 0.230 bits per heavy atom. The molecule has 0 N–H and O–H groups in total. The fourth-order valence-corrected chi connectivity index (χ4v) is 9.76. The average molecular weight is 984 g/mol. The fourth-order valence-electron chi connectivity index (χ4n) is 5.37. The van der Waals surface area contributed by atoms with Crippen molar-refractivity contribution in [3.05, 3.63) is 138 Å². The van der Waals surface area contributed by atoms with Crippen molar-refractivity contribution in [2.24, 2.45) is 0 Å². The summed E-state index contributed by atoms with van der Waals surface area (Å²) in [4.78, 5) is 0. The van der Waals surface area contributed by atoms with Gasteiger partial charge in [-0.3, -0.25) is 0 Å². The Hall–Kier alpha value is -3.68. The van der Waals surface area contributed by atoms with Gasteiger partial charge >= 0.3 is 341 Å². The maximum atomic E-state index is 15.2. The summed E-state index contributed by atoms with van der Waals surface area (Å²) in [6.45, 7) is -12.1. The molecule has 0 aliphatic rings. The Bertz CT molecular complexity index is 1850. The van der Waals surface area contributed by atoms with Crippen molar-refractivity contribution in [3.63, 3.8) is 0 Å². The molecule has 0 saturated carbocycles. The summed E-state index contributed by atoms with van der Waals surface area (Å²) >= 11 is -7.47. The van der Waals surface area contributed by atoms with E-state index in [1.54, 1.807) is 0 Å². The van der Waals surface area contributed by atoms with Gasteiger partial charge in [0.15, 0.2) is 0 Å². The molecule has 0 saturated heterocycles. The summed E-state index contributed by atoms with van der Waals surface area (Å²) in [6.07, 6.45) is 0. The van der Waals surface area contributed by atoms with Gasteiger partial charge in [0.1, 0.15) is 0 Å². The molecule has 4 rings (SSSR count). The van der Waals surface area contributed by atoms with Crippen LogP contribution >= 0.6 is 0 Å². The van der Waals surface area contributed by atoms with Crippen LogP contribution in [0, 0.1) is 93.1 Å². The molecule has 336 valence electrons. The van der Waals surface area contributed by atoms with Crippen LogP contribution in [0.25, 0.3) is 0 Å². The van der Waals surface area contributed by atoms with Gasteiger partial charge in [0.2, 0.25) is 0 Å². The number of benzene rings is 4. The number of ether oxygens (including phenoxy) is 4. The summed E-state index contributed by atoms with van der Waals surface area (Å²) in [5.74, 6) is -35.0. The van der Waals surface area contributed by atoms with Crippen LogP contribution in [0.2, 0.25) is 0 Å². The van der Waals surface area contributed by atoms with Gasteiger partial charge in [-0.1, -0.05) is 0 Å². The van der Waals surface area contributed by atoms with Crippen LogP contribution in [0.4, 0.5) is 70.2 Å². The molecular weight excluding hydrogens is 956 g/mol. The number of hydrogen-bond acceptors (Lipinski definition) is 8. The van der Waals surface area contributed by atoms with E-state index in [9.17, 15) is 35.1 Å². The van der Waals surface area contributed by atoms with E-state index in [0.29, 0.717) is 0 Å². The van der Waals surface area contributed by atoms with E-state index in [4.69, 9.17) is 11.3 Å². The van der Waals surface area contributed by atoms with Crippen molar-refractivity contribution in [1.29, 1.82) is 0 Å². The van der Waals surface area contributed by atoms with Gasteiger partial charge in [0, 0.05) is 0 Å². The quantitative estimate of drug-likeness (QED) is 0.0642. The average Bonchev–Trinajstić information content (AvgIpc) is 3.23. The number of methoxy groups -OCH3 is 4. The Labute approximate surface area is 340 Å². The number of hydrogen-bond donors (Lipinski definition) is 0. The van der Waals surface area contributed by atoms with E-state index in [-0.39, 0.29) is 0 Å². The molecule has 0 fully saturated rings. The molecule has 8 nitrogen and oxygen atoms in total. The summed E-state index contributed by atoms with van der Waals surface area (Å²) in [7, 11) is 3.49. The molecule has 0 unspecified atom stereocenters. The Morgan fingerprint density at radius 3 is 0.459 bits per heavy atom. The SMILES string of the molecule is COCc1c(F)c(F)c(C[O][Zr]([O]Cc2c(F)c(F)c(COC)c(F)c2F)([O]Cc2c(F)c(F)c(COC)c(F)c2F)[O]Cc2c(F)c(F)c(COC)c(F)c2F)c(F)c1F. The molecule has 0 bridgehead atoms. The number of halogens is 16. The van der Waals surface area contributed by atoms with Gasteiger partial charge in [0.05, 0.1) is 0 Å². The van der Waals surface area contributed by atoms with E-state index in [1.165, 1.54) is 0 Å². The summed E-state index contributed by atoms with van der Waals surface area (Å²) < 4.78 is 280. The van der Waals surface area contributed by atoms with Crippen molar-refractivity contribution < 1.29 is 122 Å². The molecule has 4 aromatic carbocycles. The molecule has 0 aliphatic carbocycles. The van der Waals surface area contributed by atoms with Crippen LogP contribution in [0.5, 0.6) is 0 Å². The maximum absolute atomic E-state index is 15.2. The van der Waals surface area contributed by atoms with Gasteiger partial charge in [-0.15, -0.1) is 0 Å². The molecule has 0 aliphatic heterocycles. The molecule has 0 aromatic heterocycles. The molecule has 25 heteroatoms. The van der Waals surface area contributed by atoms with Crippen molar-refractivity contribution in [3.8, 4) is 0 Å². The van der Waals surface area contributed by atoms with E-state index in [0.717, 1.165) is 28.4 Å². The molecule has 61 heavy (non-hydrogen) atoms. The third-order valence-corrected chi connectivity index (χ3v) is 13.4. The van der Waals surface area contributed by atoms with Crippen LogP contribution in [-0.2, 0) is 105 Å². The first-order valence-corrected chi connectivity index (χ1v) is 20.6. The zero-order valence-corrected chi connectivity index (χ0v) is 33.9. The molecular formula is C36H28F16O8Zr. The zero-order valence-electron chi connectivity index (χ0n) is 31.5. The third-order valence-electron chi connectivity index (χ3n) is 8.51. The molecule has 0 amide bonds. The second-order valence-electron chi connectivity index (χ2n) is 12.2. The fraction of sp³-hybridized carbons (Fsp3) is 0.333. The van der Waals surface area contributed by atoms with Crippen molar-refractivity contribution in [2.45, 2.75) is 52.9 Å². The Balaban J connectivity index is 1.97. The van der Waals surface area contributed by atoms with Crippen molar-refractivity contribution in [1.82, 2.24) is 0 Å². The second kappa shape index (κ2) is 21.1. The number of rotatable bonds is 20. The predicted molar refractivity (Wildman–Crippen MR) is 167 cm³/mol. The summed E-state index contributed by atoms with van der Waals surface area (Å²) in [5.41, 5.74) is -12.4. The van der Waals surface area contributed by atoms with Gasteiger partial charge in [-0.25, -0.2) is 0 Å². The van der Waals surface area contributed by atoms with E-state index >= 15 is 35.1 Å². The molecule has 4 aromatic rings. The summed E-state index contributed by atoms with van der Waals surface area (Å²) in [5, 5.41) is 0. The van der Waals surface area contributed by atoms with Gasteiger partial charge in [0.25, 0.3) is 0 Å². The van der Waals surface area contributed by atoms with E-state index in [1.807, 2.05) is 0 Å². The van der Waals surface area contributed by atoms with Gasteiger partial charge in [-0.2, -0.15) is 0 Å². The minimum absolute atomic E-state index is 0.873.